The first-order valence-electron chi connectivity index (χ1n) is 4.48. The van der Waals surface area contributed by atoms with E-state index in [2.05, 4.69) is 10.2 Å². The van der Waals surface area contributed by atoms with Crippen molar-refractivity contribution in [2.45, 2.75) is 5.03 Å². The Morgan fingerprint density at radius 2 is 2.12 bits per heavy atom. The summed E-state index contributed by atoms with van der Waals surface area (Å²) in [7, 11) is -3.39. The van der Waals surface area contributed by atoms with Crippen LogP contribution in [0.5, 0.6) is 0 Å². The zero-order valence-corrected chi connectivity index (χ0v) is 9.25. The zero-order chi connectivity index (χ0) is 11.8. The van der Waals surface area contributed by atoms with Gasteiger partial charge in [0.15, 0.2) is 14.9 Å². The van der Waals surface area contributed by atoms with Crippen molar-refractivity contribution < 1.29 is 12.8 Å². The molecule has 2 rings (SSSR count). The van der Waals surface area contributed by atoms with Gasteiger partial charge in [-0.05, 0) is 17.7 Å². The highest BCUT2D eigenvalue weighted by Crippen LogP contribution is 2.25. The van der Waals surface area contributed by atoms with Crippen LogP contribution in [0.15, 0.2) is 35.5 Å². The summed E-state index contributed by atoms with van der Waals surface area (Å²) in [6.45, 7) is 0. The summed E-state index contributed by atoms with van der Waals surface area (Å²) < 4.78 is 35.8. The maximum Gasteiger partial charge on any atom is 0.192 e. The first-order valence-corrected chi connectivity index (χ1v) is 6.37. The monoisotopic (exact) mass is 240 g/mol. The summed E-state index contributed by atoms with van der Waals surface area (Å²) in [6.07, 6.45) is 2.44. The maximum absolute atomic E-state index is 13.0. The van der Waals surface area contributed by atoms with Crippen molar-refractivity contribution in [3.63, 3.8) is 0 Å². The maximum atomic E-state index is 13.0. The number of rotatable bonds is 2. The smallest absolute Gasteiger partial charge is 0.192 e. The molecule has 1 heterocycles. The summed E-state index contributed by atoms with van der Waals surface area (Å²) in [6, 6.07) is 5.70. The number of nitrogens with zero attached hydrogens (tertiary/aromatic N) is 1. The Morgan fingerprint density at radius 1 is 1.38 bits per heavy atom. The molecule has 16 heavy (non-hydrogen) atoms. The lowest BCUT2D eigenvalue weighted by Gasteiger charge is -2.01. The van der Waals surface area contributed by atoms with Crippen LogP contribution in [0.1, 0.15) is 0 Å². The van der Waals surface area contributed by atoms with Gasteiger partial charge < -0.3 is 0 Å². The fourth-order valence-electron chi connectivity index (χ4n) is 1.42. The van der Waals surface area contributed by atoms with E-state index in [9.17, 15) is 12.8 Å². The Bertz CT molecular complexity index is 619. The number of hydrogen-bond donors (Lipinski definition) is 1. The van der Waals surface area contributed by atoms with Crippen LogP contribution in [0.25, 0.3) is 11.1 Å². The quantitative estimate of drug-likeness (QED) is 0.867. The molecule has 1 N–H and O–H groups in total. The SMILES string of the molecule is CS(=O)(=O)c1[nH]ncc1-c1cccc(F)c1. The highest BCUT2D eigenvalue weighted by molar-refractivity contribution is 7.90. The van der Waals surface area contributed by atoms with Crippen LogP contribution >= 0.6 is 0 Å². The molecule has 0 spiro atoms. The van der Waals surface area contributed by atoms with Gasteiger partial charge in [0, 0.05) is 11.8 Å². The fraction of sp³-hybridized carbons (Fsp3) is 0.100. The van der Waals surface area contributed by atoms with Crippen molar-refractivity contribution in [2.24, 2.45) is 0 Å². The molecule has 84 valence electrons. The zero-order valence-electron chi connectivity index (χ0n) is 8.44. The van der Waals surface area contributed by atoms with Crippen molar-refractivity contribution in [1.29, 1.82) is 0 Å². The number of benzene rings is 1. The summed E-state index contributed by atoms with van der Waals surface area (Å²) in [5.41, 5.74) is 0.858. The fourth-order valence-corrected chi connectivity index (χ4v) is 2.21. The second kappa shape index (κ2) is 3.71. The Balaban J connectivity index is 2.62. The van der Waals surface area contributed by atoms with Crippen LogP contribution in [0.3, 0.4) is 0 Å². The van der Waals surface area contributed by atoms with E-state index in [1.165, 1.54) is 24.4 Å². The lowest BCUT2D eigenvalue weighted by molar-refractivity contribution is 0.598. The van der Waals surface area contributed by atoms with Crippen LogP contribution in [0.4, 0.5) is 4.39 Å². The van der Waals surface area contributed by atoms with Crippen molar-refractivity contribution in [3.8, 4) is 11.1 Å². The summed E-state index contributed by atoms with van der Waals surface area (Å²) >= 11 is 0. The van der Waals surface area contributed by atoms with Gasteiger partial charge in [-0.1, -0.05) is 12.1 Å². The highest BCUT2D eigenvalue weighted by Gasteiger charge is 2.16. The number of nitrogens with one attached hydrogen (secondary N) is 1. The van der Waals surface area contributed by atoms with E-state index in [0.29, 0.717) is 11.1 Å². The average molecular weight is 240 g/mol. The molecule has 0 atom stereocenters. The molecule has 0 aliphatic heterocycles. The van der Waals surface area contributed by atoms with E-state index in [4.69, 9.17) is 0 Å². The molecule has 1 aromatic heterocycles. The minimum atomic E-state index is -3.39. The van der Waals surface area contributed by atoms with E-state index in [-0.39, 0.29) is 5.03 Å². The molecular weight excluding hydrogens is 231 g/mol. The minimum absolute atomic E-state index is 0.00176. The Hall–Kier alpha value is -1.69. The third-order valence-corrected chi connectivity index (χ3v) is 3.16. The summed E-state index contributed by atoms with van der Waals surface area (Å²) in [4.78, 5) is 0. The summed E-state index contributed by atoms with van der Waals surface area (Å²) in [5, 5.41) is 6.07. The third-order valence-electron chi connectivity index (χ3n) is 2.11. The van der Waals surface area contributed by atoms with Gasteiger partial charge in [-0.2, -0.15) is 5.10 Å². The molecule has 0 fully saturated rings. The van der Waals surface area contributed by atoms with Crippen LogP contribution in [0, 0.1) is 5.82 Å². The number of sulfone groups is 1. The summed E-state index contributed by atoms with van der Waals surface area (Å²) in [5.74, 6) is -0.418. The number of aromatic nitrogens is 2. The number of hydrogen-bond acceptors (Lipinski definition) is 3. The average Bonchev–Trinajstić information content (AvgIpc) is 2.65. The van der Waals surface area contributed by atoms with E-state index in [0.717, 1.165) is 6.26 Å². The molecule has 6 heteroatoms. The molecule has 0 bridgehead atoms. The van der Waals surface area contributed by atoms with Gasteiger partial charge in [0.25, 0.3) is 0 Å². The van der Waals surface area contributed by atoms with E-state index >= 15 is 0 Å². The lowest BCUT2D eigenvalue weighted by Crippen LogP contribution is -1.99. The predicted octanol–water partition coefficient (Wildman–Crippen LogP) is 1.62. The van der Waals surface area contributed by atoms with Gasteiger partial charge >= 0.3 is 0 Å². The number of halogens is 1. The van der Waals surface area contributed by atoms with Crippen molar-refractivity contribution in [2.75, 3.05) is 6.26 Å². The molecule has 0 saturated carbocycles. The first-order chi connectivity index (χ1) is 7.48. The van der Waals surface area contributed by atoms with Gasteiger partial charge in [-0.25, -0.2) is 12.8 Å². The Labute approximate surface area is 92.0 Å². The third kappa shape index (κ3) is 1.96. The van der Waals surface area contributed by atoms with Gasteiger partial charge in [-0.3, -0.25) is 5.10 Å². The van der Waals surface area contributed by atoms with Crippen LogP contribution < -0.4 is 0 Å². The van der Waals surface area contributed by atoms with Crippen molar-refractivity contribution in [1.82, 2.24) is 10.2 Å². The number of H-pyrrole nitrogens is 1. The molecular formula is C10H9FN2O2S. The Morgan fingerprint density at radius 3 is 2.75 bits per heavy atom. The van der Waals surface area contributed by atoms with Gasteiger partial charge in [0.2, 0.25) is 0 Å². The number of aromatic amines is 1. The molecule has 4 nitrogen and oxygen atoms in total. The van der Waals surface area contributed by atoms with Crippen LogP contribution in [-0.2, 0) is 9.84 Å². The minimum Gasteiger partial charge on any atom is -0.267 e. The normalized spacial score (nSPS) is 11.6. The van der Waals surface area contributed by atoms with E-state index in [1.807, 2.05) is 0 Å². The molecule has 0 saturated heterocycles. The van der Waals surface area contributed by atoms with Crippen molar-refractivity contribution in [3.05, 3.63) is 36.3 Å². The molecule has 0 aliphatic carbocycles. The largest absolute Gasteiger partial charge is 0.267 e. The standard InChI is InChI=1S/C10H9FN2O2S/c1-16(14,15)10-9(6-12-13-10)7-3-2-4-8(11)5-7/h2-6H,1H3,(H,12,13). The molecule has 2 aromatic rings. The van der Waals surface area contributed by atoms with Gasteiger partial charge in [0.1, 0.15) is 5.82 Å². The van der Waals surface area contributed by atoms with Crippen LogP contribution in [0.2, 0.25) is 0 Å². The first kappa shape index (κ1) is 10.8. The molecule has 0 unspecified atom stereocenters. The topological polar surface area (TPSA) is 62.8 Å². The predicted molar refractivity (Wildman–Crippen MR) is 57.1 cm³/mol. The van der Waals surface area contributed by atoms with Gasteiger partial charge in [-0.15, -0.1) is 0 Å². The molecule has 1 aromatic carbocycles. The second-order valence-electron chi connectivity index (χ2n) is 3.40. The van der Waals surface area contributed by atoms with Gasteiger partial charge in [0.05, 0.1) is 6.20 Å². The van der Waals surface area contributed by atoms with E-state index in [1.54, 1.807) is 6.07 Å². The second-order valence-corrected chi connectivity index (χ2v) is 5.35. The highest BCUT2D eigenvalue weighted by atomic mass is 32.2. The molecule has 0 amide bonds. The molecule has 0 aliphatic rings. The van der Waals surface area contributed by atoms with Crippen LogP contribution in [-0.4, -0.2) is 24.9 Å². The van der Waals surface area contributed by atoms with Crippen molar-refractivity contribution >= 4 is 9.84 Å². The van der Waals surface area contributed by atoms with E-state index < -0.39 is 15.7 Å². The lowest BCUT2D eigenvalue weighted by atomic mass is 10.1. The Kier molecular flexibility index (Phi) is 2.51. The molecule has 0 radical (unpaired) electrons.